The molecule has 0 unspecified atom stereocenters. The summed E-state index contributed by atoms with van der Waals surface area (Å²) >= 11 is 4.85. The molecule has 16 heavy (non-hydrogen) atoms. The van der Waals surface area contributed by atoms with Crippen molar-refractivity contribution in [3.05, 3.63) is 22.7 Å². The Balaban J connectivity index is 2.90. The van der Waals surface area contributed by atoms with Crippen molar-refractivity contribution >= 4 is 33.6 Å². The lowest BCUT2D eigenvalue weighted by Crippen LogP contribution is -2.08. The Kier molecular flexibility index (Phi) is 4.92. The van der Waals surface area contributed by atoms with Gasteiger partial charge in [-0.25, -0.2) is 14.4 Å². The highest BCUT2D eigenvalue weighted by Gasteiger charge is 2.12. The molecule has 0 aliphatic rings. The van der Waals surface area contributed by atoms with Gasteiger partial charge in [0.05, 0.1) is 11.4 Å². The predicted molar refractivity (Wildman–Crippen MR) is 73.9 cm³/mol. The van der Waals surface area contributed by atoms with Crippen LogP contribution in [0.3, 0.4) is 0 Å². The second-order valence-corrected chi connectivity index (χ2v) is 6.61. The van der Waals surface area contributed by atoms with Gasteiger partial charge in [0.15, 0.2) is 4.73 Å². The van der Waals surface area contributed by atoms with E-state index in [9.17, 15) is 0 Å². The van der Waals surface area contributed by atoms with Crippen molar-refractivity contribution in [1.29, 1.82) is 0 Å². The molecule has 0 aliphatic heterocycles. The van der Waals surface area contributed by atoms with Crippen molar-refractivity contribution in [2.24, 2.45) is 4.40 Å². The van der Waals surface area contributed by atoms with Crippen molar-refractivity contribution in [2.45, 2.75) is 38.9 Å². The highest BCUT2D eigenvalue weighted by molar-refractivity contribution is 9.10. The minimum atomic E-state index is 0.130. The van der Waals surface area contributed by atoms with Gasteiger partial charge in [0.25, 0.3) is 0 Å². The maximum atomic E-state index is 4.55. The quantitative estimate of drug-likeness (QED) is 0.483. The van der Waals surface area contributed by atoms with E-state index in [1.54, 1.807) is 18.1 Å². The van der Waals surface area contributed by atoms with Gasteiger partial charge >= 0.3 is 0 Å². The molecule has 1 rings (SSSR count). The molecule has 0 aliphatic carbocycles. The monoisotopic (exact) mass is 301 g/mol. The average molecular weight is 302 g/mol. The van der Waals surface area contributed by atoms with Gasteiger partial charge in [0.2, 0.25) is 0 Å². The van der Waals surface area contributed by atoms with Crippen LogP contribution < -0.4 is 0 Å². The molecule has 0 N–H and O–H groups in total. The lowest BCUT2D eigenvalue weighted by molar-refractivity contribution is 0.804. The van der Waals surface area contributed by atoms with Gasteiger partial charge in [-0.3, -0.25) is 0 Å². The van der Waals surface area contributed by atoms with E-state index < -0.39 is 0 Å². The largest absolute Gasteiger partial charge is 0.231 e. The van der Waals surface area contributed by atoms with Crippen LogP contribution in [0.1, 0.15) is 39.8 Å². The predicted octanol–water partition coefficient (Wildman–Crippen LogP) is 3.88. The molecular formula is C11H16BrN3S. The third-order valence-corrected chi connectivity index (χ3v) is 2.93. The molecule has 88 valence electrons. The number of halogens is 1. The Bertz CT molecular complexity index is 385. The van der Waals surface area contributed by atoms with E-state index in [0.29, 0.717) is 4.73 Å². The van der Waals surface area contributed by atoms with Gasteiger partial charge in [-0.05, 0) is 61.1 Å². The van der Waals surface area contributed by atoms with Gasteiger partial charge in [-0.1, -0.05) is 6.92 Å². The maximum absolute atomic E-state index is 4.55. The van der Waals surface area contributed by atoms with Crippen LogP contribution in [0.4, 0.5) is 0 Å². The Morgan fingerprint density at radius 3 is 2.69 bits per heavy atom. The minimum Gasteiger partial charge on any atom is -0.231 e. The van der Waals surface area contributed by atoms with Gasteiger partial charge < -0.3 is 0 Å². The van der Waals surface area contributed by atoms with E-state index in [1.807, 2.05) is 6.07 Å². The first kappa shape index (κ1) is 13.6. The smallest absolute Gasteiger partial charge is 0.197 e. The van der Waals surface area contributed by atoms with Crippen LogP contribution in [-0.2, 0) is 0 Å². The van der Waals surface area contributed by atoms with E-state index in [4.69, 9.17) is 0 Å². The van der Waals surface area contributed by atoms with Crippen LogP contribution in [-0.4, -0.2) is 20.4 Å². The standard InChI is InChI=1S/C11H16BrN3S/c1-5-8(15-16-11(2,3)4)9-6-7-13-10(12)14-9/h6-7H,5H2,1-4H3/b15-8+. The lowest BCUT2D eigenvalue weighted by atomic mass is 10.2. The molecule has 0 spiro atoms. The minimum absolute atomic E-state index is 0.130. The molecule has 0 fully saturated rings. The van der Waals surface area contributed by atoms with E-state index >= 15 is 0 Å². The van der Waals surface area contributed by atoms with E-state index in [2.05, 4.69) is 58.0 Å². The van der Waals surface area contributed by atoms with Crippen molar-refractivity contribution in [2.75, 3.05) is 0 Å². The Morgan fingerprint density at radius 1 is 1.50 bits per heavy atom. The van der Waals surface area contributed by atoms with Gasteiger partial charge in [-0.2, -0.15) is 0 Å². The molecule has 0 aromatic carbocycles. The summed E-state index contributed by atoms with van der Waals surface area (Å²) in [7, 11) is 0. The molecular weight excluding hydrogens is 286 g/mol. The molecule has 0 saturated carbocycles. The molecule has 1 aromatic heterocycles. The maximum Gasteiger partial charge on any atom is 0.197 e. The lowest BCUT2D eigenvalue weighted by Gasteiger charge is -2.14. The second kappa shape index (κ2) is 5.77. The normalized spacial score (nSPS) is 12.9. The molecule has 3 nitrogen and oxygen atoms in total. The summed E-state index contributed by atoms with van der Waals surface area (Å²) in [5, 5.41) is 0. The van der Waals surface area contributed by atoms with Crippen LogP contribution in [0, 0.1) is 0 Å². The molecule has 0 amide bonds. The van der Waals surface area contributed by atoms with Crippen molar-refractivity contribution < 1.29 is 0 Å². The number of hydrogen-bond donors (Lipinski definition) is 0. The topological polar surface area (TPSA) is 38.1 Å². The number of nitrogens with zero attached hydrogens (tertiary/aromatic N) is 3. The van der Waals surface area contributed by atoms with Crippen molar-refractivity contribution in [3.8, 4) is 0 Å². The highest BCUT2D eigenvalue weighted by Crippen LogP contribution is 2.25. The van der Waals surface area contributed by atoms with E-state index in [1.165, 1.54) is 0 Å². The molecule has 0 saturated heterocycles. The fraction of sp³-hybridized carbons (Fsp3) is 0.545. The number of aromatic nitrogens is 2. The van der Waals surface area contributed by atoms with Crippen LogP contribution in [0.25, 0.3) is 0 Å². The zero-order valence-electron chi connectivity index (χ0n) is 9.99. The first-order chi connectivity index (χ1) is 7.42. The second-order valence-electron chi connectivity index (χ2n) is 4.31. The number of rotatable bonds is 3. The third-order valence-electron chi connectivity index (χ3n) is 1.69. The van der Waals surface area contributed by atoms with Crippen LogP contribution >= 0.6 is 27.9 Å². The highest BCUT2D eigenvalue weighted by atomic mass is 79.9. The SMILES string of the molecule is CC/C(=N\SC(C)(C)C)c1ccnc(Br)n1. The summed E-state index contributed by atoms with van der Waals surface area (Å²) < 4.78 is 5.28. The summed E-state index contributed by atoms with van der Waals surface area (Å²) in [6, 6.07) is 1.89. The van der Waals surface area contributed by atoms with Gasteiger partial charge in [0, 0.05) is 10.9 Å². The zero-order valence-corrected chi connectivity index (χ0v) is 12.4. The van der Waals surface area contributed by atoms with Crippen LogP contribution in [0.5, 0.6) is 0 Å². The molecule has 1 heterocycles. The first-order valence-corrected chi connectivity index (χ1v) is 6.73. The average Bonchev–Trinajstić information content (AvgIpc) is 2.17. The summed E-state index contributed by atoms with van der Waals surface area (Å²) in [6.07, 6.45) is 2.60. The molecule has 1 aromatic rings. The van der Waals surface area contributed by atoms with Crippen LogP contribution in [0.2, 0.25) is 0 Å². The molecule has 0 bridgehead atoms. The van der Waals surface area contributed by atoms with E-state index in [-0.39, 0.29) is 4.75 Å². The summed E-state index contributed by atoms with van der Waals surface area (Å²) in [4.78, 5) is 8.32. The summed E-state index contributed by atoms with van der Waals surface area (Å²) in [5.41, 5.74) is 1.89. The Labute approximate surface area is 109 Å². The van der Waals surface area contributed by atoms with Gasteiger partial charge in [-0.15, -0.1) is 0 Å². The fourth-order valence-corrected chi connectivity index (χ4v) is 1.90. The fourth-order valence-electron chi connectivity index (χ4n) is 0.980. The Hall–Kier alpha value is -0.420. The van der Waals surface area contributed by atoms with Crippen molar-refractivity contribution in [1.82, 2.24) is 9.97 Å². The first-order valence-electron chi connectivity index (χ1n) is 5.16. The molecule has 5 heteroatoms. The number of hydrogen-bond acceptors (Lipinski definition) is 4. The van der Waals surface area contributed by atoms with Gasteiger partial charge in [0.1, 0.15) is 0 Å². The van der Waals surface area contributed by atoms with Crippen molar-refractivity contribution in [3.63, 3.8) is 0 Å². The van der Waals surface area contributed by atoms with E-state index in [0.717, 1.165) is 17.8 Å². The Morgan fingerprint density at radius 2 is 2.19 bits per heavy atom. The molecule has 0 atom stereocenters. The zero-order chi connectivity index (χ0) is 12.2. The molecule has 0 radical (unpaired) electrons. The summed E-state index contributed by atoms with van der Waals surface area (Å²) in [5.74, 6) is 0. The third kappa shape index (κ3) is 4.61. The van der Waals surface area contributed by atoms with Crippen LogP contribution in [0.15, 0.2) is 21.4 Å². The summed E-state index contributed by atoms with van der Waals surface area (Å²) in [6.45, 7) is 8.51.